The first-order valence-corrected chi connectivity index (χ1v) is 10.6. The highest BCUT2D eigenvalue weighted by atomic mass is 32.2. The Morgan fingerprint density at radius 2 is 1.71 bits per heavy atom. The molecule has 1 nitrogen and oxygen atoms in total. The molecule has 0 heterocycles. The Bertz CT molecular complexity index is 778. The average Bonchev–Trinajstić information content (AvgIpc) is 2.64. The predicted molar refractivity (Wildman–Crippen MR) is 110 cm³/mol. The molecule has 2 rings (SSSR count). The molecule has 0 saturated heterocycles. The van der Waals surface area contributed by atoms with E-state index in [1.807, 2.05) is 0 Å². The quantitative estimate of drug-likeness (QED) is 0.248. The van der Waals surface area contributed by atoms with E-state index in [1.54, 1.807) is 18.4 Å². The van der Waals surface area contributed by atoms with E-state index in [9.17, 15) is 17.6 Å². The van der Waals surface area contributed by atoms with E-state index in [-0.39, 0.29) is 23.0 Å². The van der Waals surface area contributed by atoms with Crippen molar-refractivity contribution >= 4 is 28.4 Å². The fraction of sp³-hybridized carbons (Fsp3) is 0.381. The van der Waals surface area contributed by atoms with Crippen molar-refractivity contribution in [1.82, 2.24) is 0 Å². The summed E-state index contributed by atoms with van der Waals surface area (Å²) in [5.74, 6) is -1.87. The van der Waals surface area contributed by atoms with Gasteiger partial charge in [0.25, 0.3) is 0 Å². The largest absolute Gasteiger partial charge is 0.470 e. The van der Waals surface area contributed by atoms with E-state index in [0.717, 1.165) is 24.5 Å². The van der Waals surface area contributed by atoms with Crippen LogP contribution in [0.15, 0.2) is 36.4 Å². The zero-order chi connectivity index (χ0) is 20.5. The van der Waals surface area contributed by atoms with Gasteiger partial charge >= 0.3 is 0 Å². The first-order valence-electron chi connectivity index (χ1n) is 8.96. The lowest BCUT2D eigenvalue weighted by molar-refractivity contribution is 0.200. The number of hydrogen-bond acceptors (Lipinski definition) is 3. The van der Waals surface area contributed by atoms with Crippen LogP contribution in [-0.2, 0) is 17.6 Å². The molecule has 0 aliphatic rings. The van der Waals surface area contributed by atoms with Gasteiger partial charge in [0, 0.05) is 18.1 Å². The lowest BCUT2D eigenvalue weighted by Gasteiger charge is -2.20. The lowest BCUT2D eigenvalue weighted by Crippen LogP contribution is -2.13. The predicted octanol–water partition coefficient (Wildman–Crippen LogP) is 6.73. The second kappa shape index (κ2) is 11.4. The van der Waals surface area contributed by atoms with Crippen molar-refractivity contribution in [3.05, 3.63) is 70.5 Å². The van der Waals surface area contributed by atoms with Crippen LogP contribution in [0.1, 0.15) is 42.1 Å². The van der Waals surface area contributed by atoms with Crippen molar-refractivity contribution in [3.63, 3.8) is 0 Å². The summed E-state index contributed by atoms with van der Waals surface area (Å²) in [7, 11) is 0. The number of thiocarbonyl (C=S) groups is 1. The Kier molecular flexibility index (Phi) is 9.25. The molecule has 0 saturated carbocycles. The molecular weight excluding hydrogens is 408 g/mol. The van der Waals surface area contributed by atoms with Crippen molar-refractivity contribution in [2.45, 2.75) is 38.2 Å². The third kappa shape index (κ3) is 7.09. The Hall–Kier alpha value is -1.60. The number of ether oxygens (including phenoxy) is 1. The van der Waals surface area contributed by atoms with Gasteiger partial charge < -0.3 is 4.74 Å². The second-order valence-electron chi connectivity index (χ2n) is 6.40. The van der Waals surface area contributed by atoms with E-state index in [4.69, 9.17) is 17.0 Å². The minimum Gasteiger partial charge on any atom is -0.470 e. The molecule has 28 heavy (non-hydrogen) atoms. The van der Waals surface area contributed by atoms with Crippen LogP contribution in [0, 0.1) is 17.5 Å². The fourth-order valence-electron chi connectivity index (χ4n) is 2.91. The van der Waals surface area contributed by atoms with Crippen LogP contribution in [-0.4, -0.2) is 17.3 Å². The van der Waals surface area contributed by atoms with Gasteiger partial charge in [-0.15, -0.1) is 0 Å². The maximum absolute atomic E-state index is 14.8. The van der Waals surface area contributed by atoms with Gasteiger partial charge in [-0.05, 0) is 67.1 Å². The Morgan fingerprint density at radius 3 is 2.32 bits per heavy atom. The van der Waals surface area contributed by atoms with Crippen molar-refractivity contribution in [3.8, 4) is 0 Å². The number of aryl methyl sites for hydroxylation is 1. The number of benzene rings is 2. The number of alkyl halides is 1. The number of rotatable bonds is 9. The molecule has 0 aliphatic carbocycles. The summed E-state index contributed by atoms with van der Waals surface area (Å²) in [6.45, 7) is -0.345. The normalized spacial score (nSPS) is 12.0. The van der Waals surface area contributed by atoms with Crippen molar-refractivity contribution < 1.29 is 22.3 Å². The number of unbranched alkanes of at least 4 members (excludes halogenated alkanes) is 2. The van der Waals surface area contributed by atoms with Crippen LogP contribution in [0.5, 0.6) is 0 Å². The maximum Gasteiger partial charge on any atom is 0.220 e. The van der Waals surface area contributed by atoms with Crippen molar-refractivity contribution in [2.75, 3.05) is 12.9 Å². The van der Waals surface area contributed by atoms with Crippen LogP contribution >= 0.6 is 24.0 Å². The van der Waals surface area contributed by atoms with Gasteiger partial charge in [0.15, 0.2) is 0 Å². The molecule has 2 aromatic carbocycles. The van der Waals surface area contributed by atoms with E-state index >= 15 is 0 Å². The van der Waals surface area contributed by atoms with Crippen LogP contribution in [0.25, 0.3) is 0 Å². The Labute approximate surface area is 172 Å². The number of halogens is 4. The monoisotopic (exact) mass is 430 g/mol. The van der Waals surface area contributed by atoms with Crippen molar-refractivity contribution in [1.29, 1.82) is 0 Å². The first kappa shape index (κ1) is 22.7. The Balaban J connectivity index is 2.21. The summed E-state index contributed by atoms with van der Waals surface area (Å²) in [6.07, 6.45) is 3.69. The summed E-state index contributed by atoms with van der Waals surface area (Å²) in [5, 5.41) is 0. The fourth-order valence-corrected chi connectivity index (χ4v) is 3.24. The van der Waals surface area contributed by atoms with Gasteiger partial charge in [-0.1, -0.05) is 30.3 Å². The smallest absolute Gasteiger partial charge is 0.220 e. The minimum atomic E-state index is -0.804. The van der Waals surface area contributed by atoms with Gasteiger partial charge in [-0.25, -0.2) is 13.2 Å². The standard InChI is InChI=1S/C21H22F4OS2/c1-28-21(27)26-20(12-15-9-16(23)13-17(24)10-15)18-7-6-14(11-19(18)25)5-3-2-4-8-22/h6-7,9-11,13,20H,2-5,8,12H2,1H3. The minimum absolute atomic E-state index is 0.0716. The number of thioether (sulfide) groups is 1. The van der Waals surface area contributed by atoms with Crippen molar-refractivity contribution in [2.24, 2.45) is 0 Å². The molecule has 1 unspecified atom stereocenters. The third-order valence-corrected chi connectivity index (χ3v) is 5.29. The van der Waals surface area contributed by atoms with Gasteiger partial charge in [0.05, 0.1) is 6.67 Å². The van der Waals surface area contributed by atoms with E-state index in [1.165, 1.54) is 30.0 Å². The summed E-state index contributed by atoms with van der Waals surface area (Å²) in [4.78, 5) is 0. The average molecular weight is 431 g/mol. The van der Waals surface area contributed by atoms with Crippen LogP contribution in [0.2, 0.25) is 0 Å². The summed E-state index contributed by atoms with van der Waals surface area (Å²) in [6, 6.07) is 8.00. The first-order chi connectivity index (χ1) is 13.4. The highest BCUT2D eigenvalue weighted by Crippen LogP contribution is 2.28. The highest BCUT2D eigenvalue weighted by molar-refractivity contribution is 8.22. The summed E-state index contributed by atoms with van der Waals surface area (Å²) in [5.41, 5.74) is 1.43. The van der Waals surface area contributed by atoms with Gasteiger partial charge in [0.2, 0.25) is 4.38 Å². The molecule has 0 fully saturated rings. The van der Waals surface area contributed by atoms with Crippen LogP contribution in [0.4, 0.5) is 17.6 Å². The molecule has 7 heteroatoms. The van der Waals surface area contributed by atoms with E-state index in [0.29, 0.717) is 18.4 Å². The highest BCUT2D eigenvalue weighted by Gasteiger charge is 2.20. The SMILES string of the molecule is CSC(=S)OC(Cc1cc(F)cc(F)c1)c1ccc(CCCCCF)cc1F. The molecule has 0 spiro atoms. The molecule has 0 bridgehead atoms. The molecule has 2 aromatic rings. The molecule has 0 aliphatic heterocycles. The third-order valence-electron chi connectivity index (χ3n) is 4.26. The van der Waals surface area contributed by atoms with E-state index < -0.39 is 23.6 Å². The molecule has 0 aromatic heterocycles. The maximum atomic E-state index is 14.8. The van der Waals surface area contributed by atoms with Crippen LogP contribution < -0.4 is 0 Å². The second-order valence-corrected chi connectivity index (χ2v) is 7.81. The van der Waals surface area contributed by atoms with Gasteiger partial charge in [-0.3, -0.25) is 4.39 Å². The Morgan fingerprint density at radius 1 is 1.00 bits per heavy atom. The molecule has 0 radical (unpaired) electrons. The molecule has 0 N–H and O–H groups in total. The van der Waals surface area contributed by atoms with Crippen LogP contribution in [0.3, 0.4) is 0 Å². The lowest BCUT2D eigenvalue weighted by atomic mass is 9.98. The van der Waals surface area contributed by atoms with Gasteiger partial charge in [0.1, 0.15) is 23.6 Å². The summed E-state index contributed by atoms with van der Waals surface area (Å²) < 4.78 is 59.8. The zero-order valence-electron chi connectivity index (χ0n) is 15.5. The number of hydrogen-bond donors (Lipinski definition) is 0. The molecule has 152 valence electrons. The van der Waals surface area contributed by atoms with Gasteiger partial charge in [-0.2, -0.15) is 0 Å². The summed E-state index contributed by atoms with van der Waals surface area (Å²) >= 11 is 6.29. The van der Waals surface area contributed by atoms with E-state index in [2.05, 4.69) is 0 Å². The zero-order valence-corrected chi connectivity index (χ0v) is 17.2. The molecule has 1 atom stereocenters. The molecule has 0 amide bonds. The topological polar surface area (TPSA) is 9.23 Å². The molecular formula is C21H22F4OS2.